The number of nitrogens with zero attached hydrogens (tertiary/aromatic N) is 1. The van der Waals surface area contributed by atoms with Gasteiger partial charge in [0.05, 0.1) is 27.7 Å². The van der Waals surface area contributed by atoms with Crippen molar-refractivity contribution in [1.82, 2.24) is 0 Å². The molecule has 9 nitrogen and oxygen atoms in total. The van der Waals surface area contributed by atoms with E-state index < -0.39 is 26.5 Å². The largest absolute Gasteiger partial charge is 0.472 e. The number of phosphoric ester groups is 1. The summed E-state index contributed by atoms with van der Waals surface area (Å²) in [6, 6.07) is 0. The monoisotopic (exact) mass is 987 g/mol. The number of hydrogen-bond acceptors (Lipinski definition) is 7. The highest BCUT2D eigenvalue weighted by atomic mass is 31.2. The van der Waals surface area contributed by atoms with Gasteiger partial charge < -0.3 is 18.9 Å². The molecule has 0 bridgehead atoms. The number of quaternary nitrogens is 1. The van der Waals surface area contributed by atoms with E-state index in [0.717, 1.165) is 38.5 Å². The second-order valence-corrected chi connectivity index (χ2v) is 23.2. The third-order valence-corrected chi connectivity index (χ3v) is 14.6. The highest BCUT2D eigenvalue weighted by Gasteiger charge is 2.27. The maximum absolute atomic E-state index is 12.8. The summed E-state index contributed by atoms with van der Waals surface area (Å²) >= 11 is 0. The molecule has 1 N–H and O–H groups in total. The summed E-state index contributed by atoms with van der Waals surface area (Å²) in [6.45, 7) is 4.51. The lowest BCUT2D eigenvalue weighted by atomic mass is 10.0. The van der Waals surface area contributed by atoms with Crippen LogP contribution in [-0.2, 0) is 32.7 Å². The van der Waals surface area contributed by atoms with Crippen LogP contribution in [0.1, 0.15) is 309 Å². The van der Waals surface area contributed by atoms with Crippen LogP contribution in [0.25, 0.3) is 0 Å². The fourth-order valence-corrected chi connectivity index (χ4v) is 9.76. The number of likely N-dealkylation sites (N-methyl/N-ethyl adjacent to an activating group) is 1. The Morgan fingerprint density at radius 3 is 0.941 bits per heavy atom. The van der Waals surface area contributed by atoms with Gasteiger partial charge in [-0.25, -0.2) is 4.57 Å². The first-order valence-corrected chi connectivity index (χ1v) is 31.3. The molecule has 0 aromatic rings. The Hall–Kier alpha value is -0.990. The minimum atomic E-state index is -4.38. The quantitative estimate of drug-likeness (QED) is 0.0278. The van der Waals surface area contributed by atoms with E-state index in [1.807, 2.05) is 21.1 Å². The van der Waals surface area contributed by atoms with Crippen molar-refractivity contribution in [3.05, 3.63) is 0 Å². The molecule has 0 saturated heterocycles. The van der Waals surface area contributed by atoms with Gasteiger partial charge in [-0.05, 0) is 12.8 Å². The Bertz CT molecular complexity index is 1120. The van der Waals surface area contributed by atoms with E-state index in [4.69, 9.17) is 18.5 Å². The van der Waals surface area contributed by atoms with Crippen molar-refractivity contribution in [3.63, 3.8) is 0 Å². The van der Waals surface area contributed by atoms with Gasteiger partial charge in [0.1, 0.15) is 19.8 Å². The van der Waals surface area contributed by atoms with Crippen molar-refractivity contribution >= 4 is 19.8 Å². The van der Waals surface area contributed by atoms with Crippen LogP contribution in [0, 0.1) is 0 Å². The van der Waals surface area contributed by atoms with E-state index in [9.17, 15) is 19.0 Å². The fourth-order valence-electron chi connectivity index (χ4n) is 9.02. The smallest absolute Gasteiger partial charge is 0.462 e. The molecule has 0 aliphatic carbocycles. The Morgan fingerprint density at radius 1 is 0.397 bits per heavy atom. The highest BCUT2D eigenvalue weighted by Crippen LogP contribution is 2.43. The highest BCUT2D eigenvalue weighted by molar-refractivity contribution is 7.47. The molecule has 0 aliphatic rings. The summed E-state index contributed by atoms with van der Waals surface area (Å²) in [5.41, 5.74) is 0. The zero-order chi connectivity index (χ0) is 49.9. The summed E-state index contributed by atoms with van der Waals surface area (Å²) < 4.78 is 34.6. The van der Waals surface area contributed by atoms with E-state index in [-0.39, 0.29) is 25.6 Å². The van der Waals surface area contributed by atoms with Crippen LogP contribution >= 0.6 is 7.82 Å². The van der Waals surface area contributed by atoms with Gasteiger partial charge >= 0.3 is 19.8 Å². The summed E-state index contributed by atoms with van der Waals surface area (Å²) in [4.78, 5) is 35.7. The zero-order valence-electron chi connectivity index (χ0n) is 46.1. The molecule has 0 aliphatic heterocycles. The van der Waals surface area contributed by atoms with E-state index >= 15 is 0 Å². The maximum Gasteiger partial charge on any atom is 0.472 e. The minimum absolute atomic E-state index is 0.0375. The number of ether oxygens (including phenoxy) is 2. The van der Waals surface area contributed by atoms with Gasteiger partial charge in [0.15, 0.2) is 6.10 Å². The normalized spacial score (nSPS) is 13.2. The molecule has 2 atom stereocenters. The molecule has 0 spiro atoms. The lowest BCUT2D eigenvalue weighted by Gasteiger charge is -2.24. The number of unbranched alkanes of at least 4 members (excludes halogenated alkanes) is 42. The van der Waals surface area contributed by atoms with Crippen molar-refractivity contribution in [2.24, 2.45) is 0 Å². The number of rotatable bonds is 56. The second kappa shape index (κ2) is 50.9. The van der Waals surface area contributed by atoms with Gasteiger partial charge in [-0.3, -0.25) is 18.6 Å². The molecule has 0 saturated carbocycles. The molecular weight excluding hydrogens is 870 g/mol. The van der Waals surface area contributed by atoms with Crippen molar-refractivity contribution in [3.8, 4) is 0 Å². The van der Waals surface area contributed by atoms with Crippen LogP contribution in [0.2, 0.25) is 0 Å². The zero-order valence-corrected chi connectivity index (χ0v) is 47.0. The van der Waals surface area contributed by atoms with Crippen LogP contribution in [0.4, 0.5) is 0 Å². The molecule has 406 valence electrons. The third kappa shape index (κ3) is 54.3. The van der Waals surface area contributed by atoms with Gasteiger partial charge in [0.2, 0.25) is 0 Å². The molecule has 0 amide bonds. The van der Waals surface area contributed by atoms with Crippen LogP contribution in [0.15, 0.2) is 0 Å². The SMILES string of the molecule is CCCCCCCCCCCCCCCCCCCCCCCCC(=O)OC[C@H](COP(=O)(O)OCC[N+](C)(C)C)OC(=O)CCCCCCCCCCCCCCCCCCCCCCCC. The molecule has 0 radical (unpaired) electrons. The molecule has 0 fully saturated rings. The van der Waals surface area contributed by atoms with E-state index in [0.29, 0.717) is 17.4 Å². The third-order valence-electron chi connectivity index (χ3n) is 13.6. The molecule has 0 aromatic carbocycles. The number of carbonyl (C=O) groups is 2. The van der Waals surface area contributed by atoms with E-state index in [1.54, 1.807) is 0 Å². The van der Waals surface area contributed by atoms with Gasteiger partial charge in [0.25, 0.3) is 0 Å². The van der Waals surface area contributed by atoms with E-state index in [1.165, 1.54) is 244 Å². The van der Waals surface area contributed by atoms with E-state index in [2.05, 4.69) is 13.8 Å². The first-order chi connectivity index (χ1) is 33.0. The summed E-state index contributed by atoms with van der Waals surface area (Å²) in [7, 11) is 1.50. The predicted molar refractivity (Wildman–Crippen MR) is 289 cm³/mol. The van der Waals surface area contributed by atoms with Gasteiger partial charge in [-0.15, -0.1) is 0 Å². The summed E-state index contributed by atoms with van der Waals surface area (Å²) in [5, 5.41) is 0. The molecule has 10 heteroatoms. The lowest BCUT2D eigenvalue weighted by molar-refractivity contribution is -0.870. The topological polar surface area (TPSA) is 108 Å². The van der Waals surface area contributed by atoms with Crippen LogP contribution in [0.3, 0.4) is 0 Å². The average Bonchev–Trinajstić information content (AvgIpc) is 3.30. The van der Waals surface area contributed by atoms with Crippen molar-refractivity contribution in [2.75, 3.05) is 47.5 Å². The molecular formula is C58H117NO8P+. The van der Waals surface area contributed by atoms with Crippen molar-refractivity contribution in [1.29, 1.82) is 0 Å². The standard InChI is InChI=1S/C58H116NO8P/c1-6-8-10-12-14-16-18-20-22-24-26-28-30-32-34-36-38-40-42-44-46-48-50-57(60)64-54-56(55-66-68(62,63)65-53-52-59(3,4)5)67-58(61)51-49-47-45-43-41-39-37-35-33-31-29-27-25-23-21-19-17-15-13-11-9-7-2/h56H,6-55H2,1-5H3/p+1/t56-/m1/s1. The van der Waals surface area contributed by atoms with Crippen molar-refractivity contribution in [2.45, 2.75) is 315 Å². The van der Waals surface area contributed by atoms with Gasteiger partial charge in [-0.1, -0.05) is 284 Å². The number of hydrogen-bond donors (Lipinski definition) is 1. The molecule has 68 heavy (non-hydrogen) atoms. The molecule has 0 rings (SSSR count). The fraction of sp³-hybridized carbons (Fsp3) is 0.966. The molecule has 0 aromatic heterocycles. The Morgan fingerprint density at radius 2 is 0.662 bits per heavy atom. The maximum atomic E-state index is 12.8. The van der Waals surface area contributed by atoms with Crippen LogP contribution in [-0.4, -0.2) is 74.9 Å². The van der Waals surface area contributed by atoms with Crippen LogP contribution < -0.4 is 0 Å². The van der Waals surface area contributed by atoms with Crippen LogP contribution in [0.5, 0.6) is 0 Å². The first kappa shape index (κ1) is 67.0. The molecule has 1 unspecified atom stereocenters. The number of esters is 2. The predicted octanol–water partition coefficient (Wildman–Crippen LogP) is 18.3. The number of carbonyl (C=O) groups excluding carboxylic acids is 2. The Balaban J connectivity index is 4.09. The Labute approximate surface area is 423 Å². The average molecular weight is 988 g/mol. The second-order valence-electron chi connectivity index (χ2n) is 21.8. The van der Waals surface area contributed by atoms with Crippen molar-refractivity contribution < 1.29 is 42.1 Å². The Kier molecular flexibility index (Phi) is 50.2. The lowest BCUT2D eigenvalue weighted by Crippen LogP contribution is -2.37. The first-order valence-electron chi connectivity index (χ1n) is 29.8. The van der Waals surface area contributed by atoms with Gasteiger partial charge in [0, 0.05) is 12.8 Å². The summed E-state index contributed by atoms with van der Waals surface area (Å²) in [5.74, 6) is -0.772. The van der Waals surface area contributed by atoms with Gasteiger partial charge in [-0.2, -0.15) is 0 Å². The minimum Gasteiger partial charge on any atom is -0.462 e. The molecule has 0 heterocycles. The summed E-state index contributed by atoms with van der Waals surface area (Å²) in [6.07, 6.45) is 57.4. The number of phosphoric acid groups is 1.